The van der Waals surface area contributed by atoms with E-state index in [0.29, 0.717) is 30.8 Å². The molecule has 0 atom stereocenters. The number of sulfonamides is 1. The molecule has 0 aromatic heterocycles. The van der Waals surface area contributed by atoms with Crippen LogP contribution in [0.25, 0.3) is 0 Å². The van der Waals surface area contributed by atoms with Crippen LogP contribution in [0.1, 0.15) is 41.3 Å². The van der Waals surface area contributed by atoms with Crippen molar-refractivity contribution in [3.63, 3.8) is 0 Å². The molecule has 0 aliphatic carbocycles. The quantitative estimate of drug-likeness (QED) is 0.423. The predicted octanol–water partition coefficient (Wildman–Crippen LogP) is 3.25. The number of nitrogens with one attached hydrogen (secondary N) is 1. The highest BCUT2D eigenvalue weighted by Gasteiger charge is 2.18. The van der Waals surface area contributed by atoms with E-state index >= 15 is 0 Å². The Morgan fingerprint density at radius 1 is 1.10 bits per heavy atom. The smallest absolute Gasteiger partial charge is 0.232 e. The van der Waals surface area contributed by atoms with Crippen LogP contribution in [0.3, 0.4) is 0 Å². The molecule has 2 aromatic carbocycles. The second kappa shape index (κ2) is 10.9. The van der Waals surface area contributed by atoms with Crippen molar-refractivity contribution in [2.24, 2.45) is 0 Å². The summed E-state index contributed by atoms with van der Waals surface area (Å²) in [5, 5.41) is 2.78. The first-order chi connectivity index (χ1) is 14.6. The molecule has 0 bridgehead atoms. The van der Waals surface area contributed by atoms with E-state index in [-0.39, 0.29) is 24.7 Å². The lowest BCUT2D eigenvalue weighted by Gasteiger charge is -2.22. The lowest BCUT2D eigenvalue weighted by molar-refractivity contribution is -0.121. The summed E-state index contributed by atoms with van der Waals surface area (Å²) in [5.41, 5.74) is 3.06. The Kier molecular flexibility index (Phi) is 8.62. The molecule has 0 saturated heterocycles. The van der Waals surface area contributed by atoms with Crippen molar-refractivity contribution in [3.05, 3.63) is 59.2 Å². The van der Waals surface area contributed by atoms with Crippen LogP contribution >= 0.6 is 0 Å². The molecule has 0 radical (unpaired) electrons. The van der Waals surface area contributed by atoms with Gasteiger partial charge >= 0.3 is 0 Å². The van der Waals surface area contributed by atoms with E-state index in [0.717, 1.165) is 23.1 Å². The van der Waals surface area contributed by atoms with Crippen molar-refractivity contribution in [1.82, 2.24) is 5.32 Å². The summed E-state index contributed by atoms with van der Waals surface area (Å²) in [6.45, 7) is 6.28. The fourth-order valence-corrected chi connectivity index (χ4v) is 4.11. The van der Waals surface area contributed by atoms with Crippen molar-refractivity contribution >= 4 is 27.4 Å². The molecule has 0 unspecified atom stereocenters. The standard InChI is InChI=1S/C23H30N2O5S/c1-17-10-11-22(18(2)15-17)30-14-12-24-23(27)9-6-13-25(31(4,28)29)21-8-5-7-20(16-21)19(3)26/h5,7-8,10-11,15-16H,6,9,12-14H2,1-4H3,(H,24,27). The molecule has 1 amide bonds. The summed E-state index contributed by atoms with van der Waals surface area (Å²) in [4.78, 5) is 23.7. The van der Waals surface area contributed by atoms with Gasteiger partial charge in [-0.3, -0.25) is 13.9 Å². The number of Topliss-reactive ketones (excluding diaryl/α,β-unsaturated/α-hetero) is 1. The van der Waals surface area contributed by atoms with Crippen LogP contribution in [0, 0.1) is 13.8 Å². The second-order valence-electron chi connectivity index (χ2n) is 7.51. The van der Waals surface area contributed by atoms with Crippen LogP contribution in [0.2, 0.25) is 0 Å². The second-order valence-corrected chi connectivity index (χ2v) is 9.42. The highest BCUT2D eigenvalue weighted by molar-refractivity contribution is 7.92. The van der Waals surface area contributed by atoms with Gasteiger partial charge < -0.3 is 10.1 Å². The number of carbonyl (C=O) groups is 2. The van der Waals surface area contributed by atoms with Gasteiger partial charge in [-0.15, -0.1) is 0 Å². The van der Waals surface area contributed by atoms with Crippen molar-refractivity contribution in [2.75, 3.05) is 30.3 Å². The zero-order valence-electron chi connectivity index (χ0n) is 18.5. The van der Waals surface area contributed by atoms with Gasteiger partial charge in [-0.1, -0.05) is 29.8 Å². The van der Waals surface area contributed by atoms with Gasteiger partial charge in [0.15, 0.2) is 5.78 Å². The van der Waals surface area contributed by atoms with Gasteiger partial charge in [-0.25, -0.2) is 8.42 Å². The van der Waals surface area contributed by atoms with Crippen molar-refractivity contribution in [3.8, 4) is 5.75 Å². The van der Waals surface area contributed by atoms with E-state index in [2.05, 4.69) is 5.32 Å². The number of aryl methyl sites for hydroxylation is 2. The Balaban J connectivity index is 1.82. The molecule has 2 rings (SSSR count). The fourth-order valence-electron chi connectivity index (χ4n) is 3.15. The van der Waals surface area contributed by atoms with E-state index in [1.54, 1.807) is 24.3 Å². The van der Waals surface area contributed by atoms with Gasteiger partial charge in [-0.2, -0.15) is 0 Å². The normalized spacial score (nSPS) is 11.1. The van der Waals surface area contributed by atoms with E-state index in [1.807, 2.05) is 32.0 Å². The molecule has 0 heterocycles. The number of hydrogen-bond donors (Lipinski definition) is 1. The van der Waals surface area contributed by atoms with Gasteiger partial charge in [0.25, 0.3) is 0 Å². The SMILES string of the molecule is CC(=O)c1cccc(N(CCCC(=O)NCCOc2ccc(C)cc2C)S(C)(=O)=O)c1. The molecule has 0 saturated carbocycles. The highest BCUT2D eigenvalue weighted by atomic mass is 32.2. The van der Waals surface area contributed by atoms with Crippen LogP contribution in [0.15, 0.2) is 42.5 Å². The number of ketones is 1. The number of ether oxygens (including phenoxy) is 1. The third-order valence-electron chi connectivity index (χ3n) is 4.72. The van der Waals surface area contributed by atoms with Crippen molar-refractivity contribution in [1.29, 1.82) is 0 Å². The number of benzene rings is 2. The summed E-state index contributed by atoms with van der Waals surface area (Å²) in [5.74, 6) is 0.476. The van der Waals surface area contributed by atoms with Crippen LogP contribution in [-0.2, 0) is 14.8 Å². The Bertz CT molecular complexity index is 1030. The first-order valence-electron chi connectivity index (χ1n) is 10.1. The molecule has 1 N–H and O–H groups in total. The number of rotatable bonds is 11. The van der Waals surface area contributed by atoms with E-state index in [4.69, 9.17) is 4.74 Å². The monoisotopic (exact) mass is 446 g/mol. The molecular formula is C23H30N2O5S. The van der Waals surface area contributed by atoms with Gasteiger partial charge in [0.05, 0.1) is 18.5 Å². The number of anilines is 1. The van der Waals surface area contributed by atoms with Crippen LogP contribution in [-0.4, -0.2) is 46.1 Å². The molecule has 8 heteroatoms. The minimum Gasteiger partial charge on any atom is -0.491 e. The van der Waals surface area contributed by atoms with Gasteiger partial charge in [0.2, 0.25) is 15.9 Å². The molecule has 168 valence electrons. The van der Waals surface area contributed by atoms with Crippen molar-refractivity contribution < 1.29 is 22.7 Å². The third-order valence-corrected chi connectivity index (χ3v) is 5.91. The molecule has 0 aliphatic heterocycles. The van der Waals surface area contributed by atoms with Gasteiger partial charge in [-0.05, 0) is 51.0 Å². The third kappa shape index (κ3) is 7.71. The van der Waals surface area contributed by atoms with Gasteiger partial charge in [0.1, 0.15) is 12.4 Å². The maximum Gasteiger partial charge on any atom is 0.232 e. The molecule has 0 aliphatic rings. The molecule has 0 fully saturated rings. The lowest BCUT2D eigenvalue weighted by Crippen LogP contribution is -2.33. The Hall–Kier alpha value is -2.87. The van der Waals surface area contributed by atoms with E-state index < -0.39 is 10.0 Å². The van der Waals surface area contributed by atoms with Crippen LogP contribution in [0.5, 0.6) is 5.75 Å². The average molecular weight is 447 g/mol. The molecule has 0 spiro atoms. The average Bonchev–Trinajstić information content (AvgIpc) is 2.69. The predicted molar refractivity (Wildman–Crippen MR) is 122 cm³/mol. The van der Waals surface area contributed by atoms with Crippen LogP contribution in [0.4, 0.5) is 5.69 Å². The fraction of sp³-hybridized carbons (Fsp3) is 0.391. The maximum absolute atomic E-state index is 12.2. The summed E-state index contributed by atoms with van der Waals surface area (Å²) in [6.07, 6.45) is 1.64. The minimum absolute atomic E-state index is 0.141. The minimum atomic E-state index is -3.55. The van der Waals surface area contributed by atoms with Crippen molar-refractivity contribution in [2.45, 2.75) is 33.6 Å². The number of hydrogen-bond acceptors (Lipinski definition) is 5. The molecule has 2 aromatic rings. The zero-order chi connectivity index (χ0) is 23.0. The lowest BCUT2D eigenvalue weighted by atomic mass is 10.1. The summed E-state index contributed by atoms with van der Waals surface area (Å²) in [7, 11) is -3.55. The van der Waals surface area contributed by atoms with E-state index in [9.17, 15) is 18.0 Å². The van der Waals surface area contributed by atoms with E-state index in [1.165, 1.54) is 11.2 Å². The first kappa shape index (κ1) is 24.4. The Morgan fingerprint density at radius 2 is 1.84 bits per heavy atom. The maximum atomic E-state index is 12.2. The van der Waals surface area contributed by atoms with Crippen LogP contribution < -0.4 is 14.4 Å². The largest absolute Gasteiger partial charge is 0.491 e. The summed E-state index contributed by atoms with van der Waals surface area (Å²) >= 11 is 0. The number of nitrogens with zero attached hydrogens (tertiary/aromatic N) is 1. The first-order valence-corrected chi connectivity index (χ1v) is 12.0. The zero-order valence-corrected chi connectivity index (χ0v) is 19.3. The topological polar surface area (TPSA) is 92.8 Å². The number of amides is 1. The summed E-state index contributed by atoms with van der Waals surface area (Å²) < 4.78 is 31.3. The molecule has 31 heavy (non-hydrogen) atoms. The molecule has 7 nitrogen and oxygen atoms in total. The molecular weight excluding hydrogens is 416 g/mol. The Morgan fingerprint density at radius 3 is 2.48 bits per heavy atom. The highest BCUT2D eigenvalue weighted by Crippen LogP contribution is 2.20. The number of carbonyl (C=O) groups excluding carboxylic acids is 2. The Labute approximate surface area is 184 Å². The van der Waals surface area contributed by atoms with Gasteiger partial charge in [0, 0.05) is 18.5 Å². The summed E-state index contributed by atoms with van der Waals surface area (Å²) in [6, 6.07) is 12.4.